The van der Waals surface area contributed by atoms with Gasteiger partial charge in [-0.2, -0.15) is 0 Å². The molecule has 2 amide bonds. The van der Waals surface area contributed by atoms with Crippen molar-refractivity contribution in [1.82, 2.24) is 10.2 Å². The number of benzene rings is 4. The Morgan fingerprint density at radius 3 is 2.19 bits per heavy atom. The third kappa shape index (κ3) is 8.95. The van der Waals surface area contributed by atoms with Crippen LogP contribution in [0.3, 0.4) is 0 Å². The molecule has 4 aromatic carbocycles. The van der Waals surface area contributed by atoms with E-state index in [9.17, 15) is 18.0 Å². The summed E-state index contributed by atoms with van der Waals surface area (Å²) >= 11 is 12.8. The molecule has 0 saturated heterocycles. The van der Waals surface area contributed by atoms with Crippen LogP contribution in [0.25, 0.3) is 0 Å². The molecule has 0 aliphatic carbocycles. The molecule has 0 aliphatic heterocycles. The van der Waals surface area contributed by atoms with Crippen molar-refractivity contribution in [2.75, 3.05) is 10.8 Å². The molecule has 7 nitrogen and oxygen atoms in total. The summed E-state index contributed by atoms with van der Waals surface area (Å²) in [5.74, 6) is -0.908. The van der Waals surface area contributed by atoms with Gasteiger partial charge in [-0.05, 0) is 86.7 Å². The second kappa shape index (κ2) is 15.8. The largest absolute Gasteiger partial charge is 0.352 e. The molecule has 0 fully saturated rings. The lowest BCUT2D eigenvalue weighted by Crippen LogP contribution is -2.54. The zero-order valence-electron chi connectivity index (χ0n) is 27.3. The van der Waals surface area contributed by atoms with Gasteiger partial charge in [0.1, 0.15) is 12.6 Å². The minimum Gasteiger partial charge on any atom is -0.352 e. The first-order chi connectivity index (χ1) is 22.3. The monoisotopic (exact) mass is 693 g/mol. The van der Waals surface area contributed by atoms with Gasteiger partial charge in [0.25, 0.3) is 10.0 Å². The first-order valence-corrected chi connectivity index (χ1v) is 17.7. The number of rotatable bonds is 13. The van der Waals surface area contributed by atoms with Crippen molar-refractivity contribution >= 4 is 50.7 Å². The summed E-state index contributed by atoms with van der Waals surface area (Å²) in [6, 6.07) is 25.1. The second-order valence-corrected chi connectivity index (χ2v) is 14.5. The number of hydrogen-bond donors (Lipinski definition) is 1. The maximum Gasteiger partial charge on any atom is 0.264 e. The highest BCUT2D eigenvalue weighted by atomic mass is 35.5. The molecule has 47 heavy (non-hydrogen) atoms. The zero-order chi connectivity index (χ0) is 34.3. The Labute approximate surface area is 288 Å². The first-order valence-electron chi connectivity index (χ1n) is 15.5. The summed E-state index contributed by atoms with van der Waals surface area (Å²) in [5, 5.41) is 3.80. The fourth-order valence-corrected chi connectivity index (χ4v) is 7.12. The molecule has 0 heterocycles. The van der Waals surface area contributed by atoms with E-state index in [4.69, 9.17) is 23.2 Å². The molecular formula is C37H41Cl2N3O4S. The summed E-state index contributed by atoms with van der Waals surface area (Å²) in [5.41, 5.74) is 4.29. The van der Waals surface area contributed by atoms with Gasteiger partial charge in [0.05, 0.1) is 10.6 Å². The van der Waals surface area contributed by atoms with Crippen molar-refractivity contribution in [3.05, 3.63) is 129 Å². The van der Waals surface area contributed by atoms with E-state index in [2.05, 4.69) is 5.32 Å². The van der Waals surface area contributed by atoms with Gasteiger partial charge >= 0.3 is 0 Å². The molecule has 10 heteroatoms. The lowest BCUT2D eigenvalue weighted by Gasteiger charge is -2.35. The van der Waals surface area contributed by atoms with Gasteiger partial charge in [0.2, 0.25) is 11.8 Å². The lowest BCUT2D eigenvalue weighted by molar-refractivity contribution is -0.140. The minimum absolute atomic E-state index is 0.0501. The van der Waals surface area contributed by atoms with E-state index in [0.717, 1.165) is 26.6 Å². The fraction of sp³-hybridized carbons (Fsp3) is 0.297. The molecule has 0 saturated carbocycles. The second-order valence-electron chi connectivity index (χ2n) is 11.8. The highest BCUT2D eigenvalue weighted by molar-refractivity contribution is 7.92. The number of amides is 2. The van der Waals surface area contributed by atoms with E-state index < -0.39 is 28.5 Å². The van der Waals surface area contributed by atoms with Crippen LogP contribution >= 0.6 is 23.2 Å². The molecule has 0 bridgehead atoms. The summed E-state index contributed by atoms with van der Waals surface area (Å²) < 4.78 is 29.8. The third-order valence-corrected chi connectivity index (χ3v) is 10.7. The molecule has 0 aliphatic rings. The fourth-order valence-electron chi connectivity index (χ4n) is 5.19. The number of sulfonamides is 1. The molecule has 0 spiro atoms. The summed E-state index contributed by atoms with van der Waals surface area (Å²) in [7, 11) is -4.21. The summed E-state index contributed by atoms with van der Waals surface area (Å²) in [4.78, 5) is 30.2. The Hall–Kier alpha value is -3.85. The molecule has 2 atom stereocenters. The van der Waals surface area contributed by atoms with Crippen LogP contribution in [0.1, 0.15) is 48.1 Å². The van der Waals surface area contributed by atoms with E-state index in [1.807, 2.05) is 71.0 Å². The van der Waals surface area contributed by atoms with Crippen LogP contribution in [0, 0.1) is 20.8 Å². The van der Waals surface area contributed by atoms with Crippen molar-refractivity contribution in [1.29, 1.82) is 0 Å². The number of carbonyl (C=O) groups excluding carboxylic acids is 2. The predicted molar refractivity (Wildman–Crippen MR) is 190 cm³/mol. The van der Waals surface area contributed by atoms with Crippen LogP contribution in [0.4, 0.5) is 5.69 Å². The highest BCUT2D eigenvalue weighted by Crippen LogP contribution is 2.30. The maximum absolute atomic E-state index is 14.7. The molecular weight excluding hydrogens is 653 g/mol. The average Bonchev–Trinajstić information content (AvgIpc) is 3.04. The summed E-state index contributed by atoms with van der Waals surface area (Å²) in [6.07, 6.45) is 0.893. The Morgan fingerprint density at radius 2 is 1.55 bits per heavy atom. The van der Waals surface area contributed by atoms with Crippen LogP contribution in [0.2, 0.25) is 10.0 Å². The Kier molecular flexibility index (Phi) is 12.1. The van der Waals surface area contributed by atoms with Crippen LogP contribution < -0.4 is 9.62 Å². The van der Waals surface area contributed by atoms with Crippen molar-refractivity contribution in [2.45, 2.75) is 71.0 Å². The van der Waals surface area contributed by atoms with Crippen molar-refractivity contribution < 1.29 is 18.0 Å². The van der Waals surface area contributed by atoms with Crippen molar-refractivity contribution in [3.8, 4) is 0 Å². The topological polar surface area (TPSA) is 86.8 Å². The Balaban J connectivity index is 1.86. The van der Waals surface area contributed by atoms with Crippen molar-refractivity contribution in [2.24, 2.45) is 0 Å². The third-order valence-electron chi connectivity index (χ3n) is 8.36. The van der Waals surface area contributed by atoms with Crippen LogP contribution in [0.15, 0.2) is 95.9 Å². The van der Waals surface area contributed by atoms with E-state index >= 15 is 0 Å². The van der Waals surface area contributed by atoms with Crippen LogP contribution in [-0.2, 0) is 32.6 Å². The Bertz CT molecular complexity index is 1820. The Morgan fingerprint density at radius 1 is 0.872 bits per heavy atom. The maximum atomic E-state index is 14.7. The lowest BCUT2D eigenvalue weighted by atomic mass is 10.0. The van der Waals surface area contributed by atoms with Gasteiger partial charge in [-0.3, -0.25) is 13.9 Å². The number of nitrogens with one attached hydrogen (secondary N) is 1. The molecule has 4 aromatic rings. The quantitative estimate of drug-likeness (QED) is 0.156. The molecule has 0 radical (unpaired) electrons. The zero-order valence-corrected chi connectivity index (χ0v) is 29.7. The number of nitrogens with zero attached hydrogens (tertiary/aromatic N) is 2. The van der Waals surface area contributed by atoms with Gasteiger partial charge in [0, 0.05) is 29.1 Å². The molecule has 248 valence electrons. The minimum atomic E-state index is -4.21. The molecule has 4 rings (SSSR count). The normalized spacial score (nSPS) is 12.7. The van der Waals surface area contributed by atoms with Crippen LogP contribution in [-0.4, -0.2) is 43.8 Å². The number of halogens is 2. The molecule has 1 N–H and O–H groups in total. The summed E-state index contributed by atoms with van der Waals surface area (Å²) in [6.45, 7) is 8.86. The molecule has 2 unspecified atom stereocenters. The van der Waals surface area contributed by atoms with E-state index in [1.54, 1.807) is 42.5 Å². The van der Waals surface area contributed by atoms with Gasteiger partial charge in [-0.25, -0.2) is 8.42 Å². The van der Waals surface area contributed by atoms with E-state index in [0.29, 0.717) is 27.7 Å². The van der Waals surface area contributed by atoms with Gasteiger partial charge in [-0.15, -0.1) is 0 Å². The number of anilines is 1. The highest BCUT2D eigenvalue weighted by Gasteiger charge is 2.35. The number of aryl methyl sites for hydroxylation is 2. The predicted octanol–water partition coefficient (Wildman–Crippen LogP) is 7.67. The first kappa shape index (κ1) is 36.0. The number of carbonyl (C=O) groups is 2. The van der Waals surface area contributed by atoms with Gasteiger partial charge < -0.3 is 10.2 Å². The number of hydrogen-bond acceptors (Lipinski definition) is 4. The SMILES string of the molecule is CCC(C)NC(=O)C(Cc1ccccc1)N(Cc1ccc(Cl)cc1Cl)C(=O)CN(c1cccc(C)c1C)S(=O)(=O)c1ccc(C)cc1. The smallest absolute Gasteiger partial charge is 0.264 e. The van der Waals surface area contributed by atoms with E-state index in [-0.39, 0.29) is 29.8 Å². The van der Waals surface area contributed by atoms with E-state index in [1.165, 1.54) is 17.0 Å². The van der Waals surface area contributed by atoms with Crippen molar-refractivity contribution in [3.63, 3.8) is 0 Å². The molecule has 0 aromatic heterocycles. The van der Waals surface area contributed by atoms with Gasteiger partial charge in [0.15, 0.2) is 0 Å². The average molecular weight is 695 g/mol. The van der Waals surface area contributed by atoms with Crippen LogP contribution in [0.5, 0.6) is 0 Å². The standard InChI is InChI=1S/C37H41Cl2N3O4S/c1-6-27(4)40-37(44)35(21-29-12-8-7-9-13-29)41(23-30-17-18-31(38)22-33(30)39)36(43)24-42(34-14-10-11-26(3)28(34)5)47(45,46)32-19-15-25(2)16-20-32/h7-20,22,27,35H,6,21,23-24H2,1-5H3,(H,40,44). The van der Waals surface area contributed by atoms with Gasteiger partial charge in [-0.1, -0.05) is 96.4 Å².